The number of benzene rings is 1. The fourth-order valence-electron chi connectivity index (χ4n) is 5.72. The third-order valence-corrected chi connectivity index (χ3v) is 7.40. The normalized spacial score (nSPS) is 26.6. The molecule has 32 heavy (non-hydrogen) atoms. The molecule has 6 rings (SSSR count). The van der Waals surface area contributed by atoms with Crippen molar-refractivity contribution in [1.82, 2.24) is 9.88 Å². The Bertz CT molecular complexity index is 1020. The van der Waals surface area contributed by atoms with Crippen LogP contribution in [0, 0.1) is 11.8 Å². The summed E-state index contributed by atoms with van der Waals surface area (Å²) >= 11 is 0. The molecule has 3 N–H and O–H groups in total. The van der Waals surface area contributed by atoms with Gasteiger partial charge in [0, 0.05) is 19.2 Å². The average molecular weight is 434 g/mol. The lowest BCUT2D eigenvalue weighted by atomic mass is 10.1. The van der Waals surface area contributed by atoms with Gasteiger partial charge in [0.05, 0.1) is 12.2 Å². The molecule has 1 amide bonds. The van der Waals surface area contributed by atoms with Crippen LogP contribution in [-0.2, 0) is 17.9 Å². The molecule has 1 saturated heterocycles. The van der Waals surface area contributed by atoms with Gasteiger partial charge in [-0.05, 0) is 68.2 Å². The maximum Gasteiger partial charge on any atom is 0.244 e. The fraction of sp³-hybridized carbons (Fsp3) is 0.520. The number of likely N-dealkylation sites (tertiary alicyclic amines) is 1. The highest BCUT2D eigenvalue weighted by Crippen LogP contribution is 2.52. The number of nitrogen functional groups attached to an aromatic ring is 1. The minimum absolute atomic E-state index is 0.0660. The van der Waals surface area contributed by atoms with E-state index in [4.69, 9.17) is 10.5 Å². The van der Waals surface area contributed by atoms with E-state index in [-0.39, 0.29) is 12.0 Å². The molecule has 2 aliphatic heterocycles. The van der Waals surface area contributed by atoms with E-state index < -0.39 is 0 Å². The minimum atomic E-state index is -0.0660. The summed E-state index contributed by atoms with van der Waals surface area (Å²) in [6.07, 6.45) is 6.41. The van der Waals surface area contributed by atoms with Crippen LogP contribution in [0.1, 0.15) is 43.2 Å². The molecule has 0 spiro atoms. The zero-order valence-electron chi connectivity index (χ0n) is 18.4. The Morgan fingerprint density at radius 2 is 1.81 bits per heavy atom. The molecule has 7 nitrogen and oxygen atoms in total. The third-order valence-electron chi connectivity index (χ3n) is 7.40. The molecule has 1 unspecified atom stereocenters. The lowest BCUT2D eigenvalue weighted by Crippen LogP contribution is -2.38. The number of hydrogen-bond acceptors (Lipinski definition) is 6. The van der Waals surface area contributed by atoms with E-state index in [1.807, 2.05) is 6.07 Å². The second kappa shape index (κ2) is 7.96. The van der Waals surface area contributed by atoms with Gasteiger partial charge in [-0.3, -0.25) is 9.69 Å². The standard InChI is InChI=1S/C25H31N5O2/c26-25-24-21(12-23(28-25)32-20-10-18-9-19(18)11-20)30(15-22(31)27-24)14-17-5-3-4-16(8-17)13-29-6-1-2-7-29/h3-5,8,12,18-20H,1-2,6-7,9-11,13-15H2,(H2,26,28)(H,27,31)/t18-,19+,20?. The number of hydrogen-bond donors (Lipinski definition) is 2. The van der Waals surface area contributed by atoms with Gasteiger partial charge in [0.1, 0.15) is 11.8 Å². The van der Waals surface area contributed by atoms with Gasteiger partial charge >= 0.3 is 0 Å². The first kappa shape index (κ1) is 19.9. The van der Waals surface area contributed by atoms with Crippen LogP contribution in [0.4, 0.5) is 17.2 Å². The number of anilines is 3. The summed E-state index contributed by atoms with van der Waals surface area (Å²) in [6, 6.07) is 10.7. The smallest absolute Gasteiger partial charge is 0.244 e. The predicted molar refractivity (Wildman–Crippen MR) is 125 cm³/mol. The maximum atomic E-state index is 12.4. The summed E-state index contributed by atoms with van der Waals surface area (Å²) in [5, 5.41) is 2.91. The number of amides is 1. The molecule has 2 aromatic rings. The van der Waals surface area contributed by atoms with Crippen molar-refractivity contribution < 1.29 is 9.53 Å². The molecule has 4 aliphatic rings. The molecule has 168 valence electrons. The topological polar surface area (TPSA) is 83.7 Å². The number of fused-ring (bicyclic) bond motifs is 2. The number of nitrogens with zero attached hydrogens (tertiary/aromatic N) is 3. The monoisotopic (exact) mass is 433 g/mol. The number of aromatic nitrogens is 1. The van der Waals surface area contributed by atoms with Crippen molar-refractivity contribution in [2.75, 3.05) is 35.6 Å². The molecule has 3 heterocycles. The summed E-state index contributed by atoms with van der Waals surface area (Å²) < 4.78 is 6.21. The third kappa shape index (κ3) is 4.01. The highest BCUT2D eigenvalue weighted by Gasteiger charge is 2.47. The predicted octanol–water partition coefficient (Wildman–Crippen LogP) is 3.40. The van der Waals surface area contributed by atoms with Crippen molar-refractivity contribution in [2.45, 2.75) is 51.3 Å². The largest absolute Gasteiger partial charge is 0.474 e. The van der Waals surface area contributed by atoms with Crippen LogP contribution in [0.5, 0.6) is 5.88 Å². The van der Waals surface area contributed by atoms with Crippen molar-refractivity contribution >= 4 is 23.1 Å². The molecule has 0 bridgehead atoms. The molecule has 3 fully saturated rings. The number of nitrogens with two attached hydrogens (primary N) is 1. The van der Waals surface area contributed by atoms with Gasteiger partial charge in [0.25, 0.3) is 0 Å². The molecular weight excluding hydrogens is 402 g/mol. The van der Waals surface area contributed by atoms with Crippen LogP contribution in [0.2, 0.25) is 0 Å². The molecule has 2 aliphatic carbocycles. The summed E-state index contributed by atoms with van der Waals surface area (Å²) in [7, 11) is 0. The second-order valence-electron chi connectivity index (χ2n) is 9.91. The molecule has 7 heteroatoms. The molecule has 2 saturated carbocycles. The number of carbonyl (C=O) groups is 1. The number of rotatable bonds is 6. The van der Waals surface area contributed by atoms with E-state index >= 15 is 0 Å². The first-order valence-corrected chi connectivity index (χ1v) is 11.9. The average Bonchev–Trinajstić information content (AvgIpc) is 3.11. The molecule has 0 radical (unpaired) electrons. The molecular formula is C25H31N5O2. The molecule has 1 aromatic heterocycles. The van der Waals surface area contributed by atoms with Crippen LogP contribution < -0.4 is 20.7 Å². The number of pyridine rings is 1. The Labute approximate surface area is 188 Å². The summed E-state index contributed by atoms with van der Waals surface area (Å²) in [5.41, 5.74) is 10.2. The van der Waals surface area contributed by atoms with Crippen LogP contribution >= 0.6 is 0 Å². The van der Waals surface area contributed by atoms with Gasteiger partial charge in [-0.2, -0.15) is 4.98 Å². The summed E-state index contributed by atoms with van der Waals surface area (Å²) in [6.45, 7) is 4.29. The van der Waals surface area contributed by atoms with E-state index in [0.717, 1.165) is 36.9 Å². The van der Waals surface area contributed by atoms with Gasteiger partial charge in [-0.15, -0.1) is 0 Å². The number of carbonyl (C=O) groups excluding carboxylic acids is 1. The quantitative estimate of drug-likeness (QED) is 0.727. The number of nitrogens with one attached hydrogen (secondary N) is 1. The van der Waals surface area contributed by atoms with Crippen LogP contribution in [0.25, 0.3) is 0 Å². The fourth-order valence-corrected chi connectivity index (χ4v) is 5.72. The van der Waals surface area contributed by atoms with Gasteiger partial charge in [-0.1, -0.05) is 24.3 Å². The SMILES string of the molecule is Nc1nc(OC2C[C@@H]3C[C@@H]3C2)cc2c1NC(=O)CN2Cc1cccc(CN2CCCC2)c1. The zero-order chi connectivity index (χ0) is 21.7. The van der Waals surface area contributed by atoms with E-state index in [9.17, 15) is 4.79 Å². The van der Waals surface area contributed by atoms with Gasteiger partial charge < -0.3 is 20.7 Å². The van der Waals surface area contributed by atoms with Crippen LogP contribution in [0.3, 0.4) is 0 Å². The first-order valence-electron chi connectivity index (χ1n) is 11.9. The Morgan fingerprint density at radius 3 is 2.59 bits per heavy atom. The van der Waals surface area contributed by atoms with Gasteiger partial charge in [0.15, 0.2) is 5.82 Å². The van der Waals surface area contributed by atoms with Gasteiger partial charge in [-0.25, -0.2) is 0 Å². The van der Waals surface area contributed by atoms with Crippen molar-refractivity contribution in [3.8, 4) is 5.88 Å². The van der Waals surface area contributed by atoms with E-state index in [0.29, 0.717) is 30.5 Å². The van der Waals surface area contributed by atoms with Crippen LogP contribution in [0.15, 0.2) is 30.3 Å². The molecule has 1 aromatic carbocycles. The van der Waals surface area contributed by atoms with Crippen molar-refractivity contribution in [3.05, 3.63) is 41.5 Å². The van der Waals surface area contributed by atoms with Crippen molar-refractivity contribution in [3.63, 3.8) is 0 Å². The Hall–Kier alpha value is -2.80. The maximum absolute atomic E-state index is 12.4. The lowest BCUT2D eigenvalue weighted by molar-refractivity contribution is -0.115. The van der Waals surface area contributed by atoms with Crippen molar-refractivity contribution in [1.29, 1.82) is 0 Å². The van der Waals surface area contributed by atoms with E-state index in [1.54, 1.807) is 0 Å². The lowest BCUT2D eigenvalue weighted by Gasteiger charge is -2.32. The second-order valence-corrected chi connectivity index (χ2v) is 9.91. The Balaban J connectivity index is 1.22. The van der Waals surface area contributed by atoms with E-state index in [2.05, 4.69) is 44.4 Å². The zero-order valence-corrected chi connectivity index (χ0v) is 18.4. The van der Waals surface area contributed by atoms with Crippen molar-refractivity contribution in [2.24, 2.45) is 11.8 Å². The highest BCUT2D eigenvalue weighted by molar-refractivity contribution is 6.04. The van der Waals surface area contributed by atoms with Crippen LogP contribution in [-0.4, -0.2) is 41.5 Å². The van der Waals surface area contributed by atoms with E-state index in [1.165, 1.54) is 43.5 Å². The highest BCUT2D eigenvalue weighted by atomic mass is 16.5. The summed E-state index contributed by atoms with van der Waals surface area (Å²) in [5.74, 6) is 2.51. The van der Waals surface area contributed by atoms with Gasteiger partial charge in [0.2, 0.25) is 11.8 Å². The Kier molecular flexibility index (Phi) is 4.94. The first-order chi connectivity index (χ1) is 15.6. The molecule has 3 atom stereocenters. The minimum Gasteiger partial charge on any atom is -0.474 e. The Morgan fingerprint density at radius 1 is 1.06 bits per heavy atom. The number of ether oxygens (including phenoxy) is 1. The summed E-state index contributed by atoms with van der Waals surface area (Å²) in [4.78, 5) is 21.4.